The van der Waals surface area contributed by atoms with Gasteiger partial charge in [-0.1, -0.05) is 12.1 Å². The summed E-state index contributed by atoms with van der Waals surface area (Å²) in [6.07, 6.45) is -0.174. The number of β-amino-alcohol motifs (C(OH)–C–C–N with tert-alkyl or cyclic N) is 1. The fraction of sp³-hybridized carbons (Fsp3) is 0.455. The molecular weight excluding hydrogens is 178 g/mol. The molecule has 1 fully saturated rings. The highest BCUT2D eigenvalue weighted by atomic mass is 16.3. The third-order valence-electron chi connectivity index (χ3n) is 2.65. The van der Waals surface area contributed by atoms with Crippen molar-refractivity contribution in [3.8, 4) is 0 Å². The van der Waals surface area contributed by atoms with Crippen molar-refractivity contribution in [1.29, 1.82) is 0 Å². The second-order valence-corrected chi connectivity index (χ2v) is 3.84. The molecule has 0 aromatic heterocycles. The highest BCUT2D eigenvalue weighted by molar-refractivity contribution is 5.56. The van der Waals surface area contributed by atoms with Crippen LogP contribution >= 0.6 is 0 Å². The lowest BCUT2D eigenvalue weighted by atomic mass is 10.1. The van der Waals surface area contributed by atoms with Crippen LogP contribution in [-0.4, -0.2) is 29.4 Å². The minimum atomic E-state index is -0.174. The van der Waals surface area contributed by atoms with Gasteiger partial charge in [-0.05, 0) is 24.1 Å². The van der Waals surface area contributed by atoms with Crippen molar-refractivity contribution in [2.45, 2.75) is 19.6 Å². The van der Waals surface area contributed by atoms with E-state index in [2.05, 4.69) is 4.90 Å². The zero-order valence-corrected chi connectivity index (χ0v) is 8.27. The van der Waals surface area contributed by atoms with Gasteiger partial charge >= 0.3 is 0 Å². The first-order valence-corrected chi connectivity index (χ1v) is 4.84. The van der Waals surface area contributed by atoms with Crippen LogP contribution in [-0.2, 0) is 6.61 Å². The van der Waals surface area contributed by atoms with E-state index >= 15 is 0 Å². The minimum absolute atomic E-state index is 0.0870. The molecule has 1 saturated heterocycles. The quantitative estimate of drug-likeness (QED) is 0.725. The van der Waals surface area contributed by atoms with Gasteiger partial charge in [-0.2, -0.15) is 0 Å². The fourth-order valence-electron chi connectivity index (χ4n) is 1.82. The summed E-state index contributed by atoms with van der Waals surface area (Å²) in [5, 5.41) is 18.1. The number of rotatable bonds is 2. The van der Waals surface area contributed by atoms with Gasteiger partial charge in [-0.3, -0.25) is 0 Å². The summed E-state index contributed by atoms with van der Waals surface area (Å²) in [6.45, 7) is 3.56. The van der Waals surface area contributed by atoms with Gasteiger partial charge in [0.25, 0.3) is 0 Å². The van der Waals surface area contributed by atoms with E-state index in [9.17, 15) is 5.11 Å². The molecule has 76 valence electrons. The van der Waals surface area contributed by atoms with Crippen LogP contribution in [0.3, 0.4) is 0 Å². The molecule has 1 aliphatic rings. The van der Waals surface area contributed by atoms with Crippen molar-refractivity contribution in [3.63, 3.8) is 0 Å². The van der Waals surface area contributed by atoms with Crippen molar-refractivity contribution < 1.29 is 10.2 Å². The van der Waals surface area contributed by atoms with Gasteiger partial charge in [-0.25, -0.2) is 0 Å². The smallest absolute Gasteiger partial charge is 0.0889 e. The first kappa shape index (κ1) is 9.49. The molecule has 3 heteroatoms. The van der Waals surface area contributed by atoms with Crippen molar-refractivity contribution in [1.82, 2.24) is 0 Å². The Morgan fingerprint density at radius 2 is 2.14 bits per heavy atom. The lowest BCUT2D eigenvalue weighted by molar-refractivity contribution is 0.142. The Hall–Kier alpha value is -1.06. The Kier molecular flexibility index (Phi) is 2.44. The number of aliphatic hydroxyl groups excluding tert-OH is 2. The van der Waals surface area contributed by atoms with Gasteiger partial charge in [0.15, 0.2) is 0 Å². The zero-order valence-electron chi connectivity index (χ0n) is 8.27. The fourth-order valence-corrected chi connectivity index (χ4v) is 1.82. The van der Waals surface area contributed by atoms with E-state index in [4.69, 9.17) is 5.11 Å². The zero-order chi connectivity index (χ0) is 10.1. The van der Waals surface area contributed by atoms with Crippen LogP contribution in [0, 0.1) is 6.92 Å². The molecule has 0 radical (unpaired) electrons. The van der Waals surface area contributed by atoms with Crippen molar-refractivity contribution in [2.24, 2.45) is 0 Å². The predicted molar refractivity (Wildman–Crippen MR) is 55.3 cm³/mol. The van der Waals surface area contributed by atoms with E-state index in [0.29, 0.717) is 0 Å². The lowest BCUT2D eigenvalue weighted by Crippen LogP contribution is -2.51. The molecule has 2 rings (SSSR count). The summed E-state index contributed by atoms with van der Waals surface area (Å²) in [4.78, 5) is 2.14. The molecular formula is C11H15NO2. The van der Waals surface area contributed by atoms with Gasteiger partial charge in [0.1, 0.15) is 0 Å². The van der Waals surface area contributed by atoms with E-state index in [1.807, 2.05) is 25.1 Å². The Balaban J connectivity index is 2.18. The molecule has 14 heavy (non-hydrogen) atoms. The second kappa shape index (κ2) is 3.59. The number of aryl methyl sites for hydroxylation is 1. The van der Waals surface area contributed by atoms with Crippen molar-refractivity contribution >= 4 is 5.69 Å². The highest BCUT2D eigenvalue weighted by Gasteiger charge is 2.25. The van der Waals surface area contributed by atoms with Crippen LogP contribution in [0.1, 0.15) is 11.1 Å². The Labute approximate surface area is 83.6 Å². The summed E-state index contributed by atoms with van der Waals surface area (Å²) in [6, 6.07) is 5.92. The molecule has 0 saturated carbocycles. The number of anilines is 1. The molecule has 1 aliphatic heterocycles. The third-order valence-corrected chi connectivity index (χ3v) is 2.65. The first-order valence-electron chi connectivity index (χ1n) is 4.84. The summed E-state index contributed by atoms with van der Waals surface area (Å²) < 4.78 is 0. The molecule has 3 nitrogen and oxygen atoms in total. The number of nitrogens with zero attached hydrogens (tertiary/aromatic N) is 1. The Bertz CT molecular complexity index is 332. The number of aliphatic hydroxyl groups is 2. The second-order valence-electron chi connectivity index (χ2n) is 3.84. The van der Waals surface area contributed by atoms with Crippen molar-refractivity contribution in [3.05, 3.63) is 29.3 Å². The third kappa shape index (κ3) is 1.61. The molecule has 1 heterocycles. The summed E-state index contributed by atoms with van der Waals surface area (Å²) in [5.74, 6) is 0. The standard InChI is InChI=1S/C11H15NO2/c1-8-4-9(7-13)2-3-11(8)12-5-10(14)6-12/h2-4,10,13-14H,5-7H2,1H3. The molecule has 0 aliphatic carbocycles. The largest absolute Gasteiger partial charge is 0.392 e. The maximum absolute atomic E-state index is 9.19. The molecule has 1 aromatic rings. The van der Waals surface area contributed by atoms with Gasteiger partial charge in [0, 0.05) is 18.8 Å². The molecule has 0 atom stereocenters. The molecule has 0 bridgehead atoms. The van der Waals surface area contributed by atoms with Crippen LogP contribution in [0.5, 0.6) is 0 Å². The van der Waals surface area contributed by atoms with Crippen LogP contribution in [0.25, 0.3) is 0 Å². The maximum Gasteiger partial charge on any atom is 0.0889 e. The van der Waals surface area contributed by atoms with Gasteiger partial charge in [-0.15, -0.1) is 0 Å². The molecule has 0 spiro atoms. The summed E-state index contributed by atoms with van der Waals surface area (Å²) in [7, 11) is 0. The normalized spacial score (nSPS) is 16.9. The number of hydrogen-bond acceptors (Lipinski definition) is 3. The monoisotopic (exact) mass is 193 g/mol. The lowest BCUT2D eigenvalue weighted by Gasteiger charge is -2.38. The van der Waals surface area contributed by atoms with Crippen LogP contribution < -0.4 is 4.90 Å². The average Bonchev–Trinajstić information content (AvgIpc) is 2.13. The minimum Gasteiger partial charge on any atom is -0.392 e. The molecule has 0 unspecified atom stereocenters. The highest BCUT2D eigenvalue weighted by Crippen LogP contribution is 2.25. The summed E-state index contributed by atoms with van der Waals surface area (Å²) in [5.41, 5.74) is 3.25. The van der Waals surface area contributed by atoms with Gasteiger partial charge < -0.3 is 15.1 Å². The predicted octanol–water partition coefficient (Wildman–Crippen LogP) is 0.668. The first-order chi connectivity index (χ1) is 6.70. The van der Waals surface area contributed by atoms with E-state index in [-0.39, 0.29) is 12.7 Å². The molecule has 1 aromatic carbocycles. The SMILES string of the molecule is Cc1cc(CO)ccc1N1CC(O)C1. The topological polar surface area (TPSA) is 43.7 Å². The number of hydrogen-bond donors (Lipinski definition) is 2. The number of benzene rings is 1. The van der Waals surface area contributed by atoms with E-state index in [1.165, 1.54) is 0 Å². The molecule has 0 amide bonds. The van der Waals surface area contributed by atoms with Crippen molar-refractivity contribution in [2.75, 3.05) is 18.0 Å². The van der Waals surface area contributed by atoms with E-state index < -0.39 is 0 Å². The van der Waals surface area contributed by atoms with Gasteiger partial charge in [0.2, 0.25) is 0 Å². The van der Waals surface area contributed by atoms with E-state index in [0.717, 1.165) is 29.9 Å². The van der Waals surface area contributed by atoms with Gasteiger partial charge in [0.05, 0.1) is 12.7 Å². The molecule has 2 N–H and O–H groups in total. The average molecular weight is 193 g/mol. The Morgan fingerprint density at radius 1 is 1.43 bits per heavy atom. The van der Waals surface area contributed by atoms with Crippen LogP contribution in [0.2, 0.25) is 0 Å². The maximum atomic E-state index is 9.19. The van der Waals surface area contributed by atoms with Crippen LogP contribution in [0.4, 0.5) is 5.69 Å². The Morgan fingerprint density at radius 3 is 2.64 bits per heavy atom. The van der Waals surface area contributed by atoms with Crippen LogP contribution in [0.15, 0.2) is 18.2 Å². The van der Waals surface area contributed by atoms with E-state index in [1.54, 1.807) is 0 Å². The summed E-state index contributed by atoms with van der Waals surface area (Å²) >= 11 is 0.